The van der Waals surface area contributed by atoms with Crippen LogP contribution >= 0.6 is 0 Å². The first-order valence-electron chi connectivity index (χ1n) is 9.51. The fourth-order valence-electron chi connectivity index (χ4n) is 3.98. The van der Waals surface area contributed by atoms with Crippen LogP contribution < -0.4 is 4.72 Å². The van der Waals surface area contributed by atoms with Gasteiger partial charge in [-0.3, -0.25) is 4.79 Å². The third-order valence-corrected chi connectivity index (χ3v) is 7.00. The minimum Gasteiger partial charge on any atom is -0.334 e. The highest BCUT2D eigenvalue weighted by molar-refractivity contribution is 7.89. The zero-order chi connectivity index (χ0) is 18.9. The molecular weight excluding hydrogens is 360 g/mol. The quantitative estimate of drug-likeness (QED) is 0.881. The summed E-state index contributed by atoms with van der Waals surface area (Å²) in [7, 11) is -3.60. The molecule has 1 N–H and O–H groups in total. The zero-order valence-corrected chi connectivity index (χ0v) is 16.0. The number of nitrogens with one attached hydrogen (secondary N) is 1. The predicted molar refractivity (Wildman–Crippen MR) is 104 cm³/mol. The van der Waals surface area contributed by atoms with E-state index in [4.69, 9.17) is 0 Å². The van der Waals surface area contributed by atoms with E-state index in [2.05, 4.69) is 10.8 Å². The summed E-state index contributed by atoms with van der Waals surface area (Å²) in [5.41, 5.74) is 2.85. The number of benzene rings is 2. The Balaban J connectivity index is 1.53. The molecule has 5 nitrogen and oxygen atoms in total. The molecule has 0 bridgehead atoms. The first-order valence-corrected chi connectivity index (χ1v) is 11.0. The van der Waals surface area contributed by atoms with Crippen molar-refractivity contribution < 1.29 is 13.2 Å². The molecule has 1 aliphatic heterocycles. The van der Waals surface area contributed by atoms with Crippen LogP contribution in [-0.4, -0.2) is 31.8 Å². The topological polar surface area (TPSA) is 66.5 Å². The van der Waals surface area contributed by atoms with Crippen molar-refractivity contribution in [3.8, 4) is 0 Å². The lowest BCUT2D eigenvalue weighted by molar-refractivity contribution is 0.0734. The van der Waals surface area contributed by atoms with E-state index in [1.807, 2.05) is 18.2 Å². The number of carbonyl (C=O) groups excluding carboxylic acids is 1. The normalized spacial score (nSPS) is 17.7. The van der Waals surface area contributed by atoms with Gasteiger partial charge in [0, 0.05) is 24.7 Å². The third-order valence-electron chi connectivity index (χ3n) is 5.49. The fraction of sp³-hybridized carbons (Fsp3) is 0.381. The molecule has 27 heavy (non-hydrogen) atoms. The zero-order valence-electron chi connectivity index (χ0n) is 15.2. The van der Waals surface area contributed by atoms with Gasteiger partial charge in [-0.1, -0.05) is 43.2 Å². The SMILES string of the molecule is O=C(c1cccc(S(=O)(=O)NC2CCCC2)c1)N1CCc2ccccc2C1. The molecule has 0 atom stereocenters. The Hall–Kier alpha value is -2.18. The molecule has 2 aromatic carbocycles. The van der Waals surface area contributed by atoms with Gasteiger partial charge >= 0.3 is 0 Å². The number of fused-ring (bicyclic) bond motifs is 1. The van der Waals surface area contributed by atoms with Crippen LogP contribution in [0.25, 0.3) is 0 Å². The molecule has 1 heterocycles. The minimum absolute atomic E-state index is 0.00736. The van der Waals surface area contributed by atoms with Crippen LogP contribution in [0.4, 0.5) is 0 Å². The number of nitrogens with zero attached hydrogens (tertiary/aromatic N) is 1. The number of sulfonamides is 1. The van der Waals surface area contributed by atoms with E-state index in [0.29, 0.717) is 18.7 Å². The third kappa shape index (κ3) is 3.92. The van der Waals surface area contributed by atoms with Gasteiger partial charge in [0.15, 0.2) is 0 Å². The van der Waals surface area contributed by atoms with Crippen molar-refractivity contribution in [2.24, 2.45) is 0 Å². The highest BCUT2D eigenvalue weighted by Crippen LogP contribution is 2.23. The predicted octanol–water partition coefficient (Wildman–Crippen LogP) is 3.11. The molecule has 0 unspecified atom stereocenters. The van der Waals surface area contributed by atoms with Crippen molar-refractivity contribution in [2.75, 3.05) is 6.54 Å². The van der Waals surface area contributed by atoms with Crippen LogP contribution in [0.15, 0.2) is 53.4 Å². The molecule has 0 saturated heterocycles. The maximum Gasteiger partial charge on any atom is 0.254 e. The van der Waals surface area contributed by atoms with Crippen molar-refractivity contribution in [1.82, 2.24) is 9.62 Å². The smallest absolute Gasteiger partial charge is 0.254 e. The van der Waals surface area contributed by atoms with Gasteiger partial charge in [0.2, 0.25) is 10.0 Å². The molecule has 142 valence electrons. The lowest BCUT2D eigenvalue weighted by Gasteiger charge is -2.29. The van der Waals surface area contributed by atoms with Gasteiger partial charge in [0.25, 0.3) is 5.91 Å². The van der Waals surface area contributed by atoms with Crippen LogP contribution in [0.1, 0.15) is 47.2 Å². The Morgan fingerprint density at radius 2 is 1.74 bits per heavy atom. The van der Waals surface area contributed by atoms with Gasteiger partial charge in [-0.2, -0.15) is 0 Å². The Kier molecular flexibility index (Phi) is 5.02. The monoisotopic (exact) mass is 384 g/mol. The van der Waals surface area contributed by atoms with Crippen molar-refractivity contribution >= 4 is 15.9 Å². The maximum atomic E-state index is 12.9. The average Bonchev–Trinajstić information content (AvgIpc) is 3.19. The highest BCUT2D eigenvalue weighted by Gasteiger charge is 2.25. The first-order chi connectivity index (χ1) is 13.0. The van der Waals surface area contributed by atoms with E-state index < -0.39 is 10.0 Å². The summed E-state index contributed by atoms with van der Waals surface area (Å²) in [6.07, 6.45) is 4.70. The highest BCUT2D eigenvalue weighted by atomic mass is 32.2. The molecule has 1 aliphatic carbocycles. The summed E-state index contributed by atoms with van der Waals surface area (Å²) >= 11 is 0. The van der Waals surface area contributed by atoms with Crippen LogP contribution in [0.5, 0.6) is 0 Å². The maximum absolute atomic E-state index is 12.9. The largest absolute Gasteiger partial charge is 0.334 e. The summed E-state index contributed by atoms with van der Waals surface area (Å²) in [6, 6.07) is 14.5. The second kappa shape index (κ2) is 7.44. The second-order valence-electron chi connectivity index (χ2n) is 7.38. The van der Waals surface area contributed by atoms with Crippen molar-refractivity contribution in [3.05, 3.63) is 65.2 Å². The standard InChI is InChI=1S/C21H24N2O3S/c24-21(23-13-12-16-6-1-2-7-18(16)15-23)17-8-5-11-20(14-17)27(25,26)22-19-9-3-4-10-19/h1-2,5-8,11,14,19,22H,3-4,9-10,12-13,15H2. The molecule has 0 spiro atoms. The number of hydrogen-bond donors (Lipinski definition) is 1. The van der Waals surface area contributed by atoms with Gasteiger partial charge in [-0.05, 0) is 48.6 Å². The Morgan fingerprint density at radius 3 is 2.52 bits per heavy atom. The van der Waals surface area contributed by atoms with Gasteiger partial charge < -0.3 is 4.90 Å². The summed E-state index contributed by atoms with van der Waals surface area (Å²) < 4.78 is 28.1. The summed E-state index contributed by atoms with van der Waals surface area (Å²) in [5, 5.41) is 0. The number of rotatable bonds is 4. The van der Waals surface area contributed by atoms with E-state index in [9.17, 15) is 13.2 Å². The molecule has 1 fully saturated rings. The Labute approximate surface area is 160 Å². The van der Waals surface area contributed by atoms with Crippen LogP contribution in [-0.2, 0) is 23.0 Å². The van der Waals surface area contributed by atoms with Gasteiger partial charge in [-0.25, -0.2) is 13.1 Å². The van der Waals surface area contributed by atoms with E-state index in [-0.39, 0.29) is 16.8 Å². The van der Waals surface area contributed by atoms with Crippen molar-refractivity contribution in [2.45, 2.75) is 49.6 Å². The summed E-state index contributed by atoms with van der Waals surface area (Å²) in [6.45, 7) is 1.21. The van der Waals surface area contributed by atoms with Gasteiger partial charge in [0.05, 0.1) is 4.90 Å². The van der Waals surface area contributed by atoms with Gasteiger partial charge in [0.1, 0.15) is 0 Å². The summed E-state index contributed by atoms with van der Waals surface area (Å²) in [5.74, 6) is -0.123. The lowest BCUT2D eigenvalue weighted by atomic mass is 9.99. The lowest BCUT2D eigenvalue weighted by Crippen LogP contribution is -2.36. The number of amides is 1. The molecule has 1 amide bonds. The fourth-order valence-corrected chi connectivity index (χ4v) is 5.33. The molecule has 2 aromatic rings. The molecule has 0 aromatic heterocycles. The van der Waals surface area contributed by atoms with Crippen molar-refractivity contribution in [1.29, 1.82) is 0 Å². The van der Waals surface area contributed by atoms with E-state index in [0.717, 1.165) is 37.7 Å². The molecule has 4 rings (SSSR count). The van der Waals surface area contributed by atoms with Crippen molar-refractivity contribution in [3.63, 3.8) is 0 Å². The van der Waals surface area contributed by atoms with Gasteiger partial charge in [-0.15, -0.1) is 0 Å². The van der Waals surface area contributed by atoms with Crippen LogP contribution in [0.2, 0.25) is 0 Å². The molecule has 6 heteroatoms. The molecule has 2 aliphatic rings. The van der Waals surface area contributed by atoms with Crippen LogP contribution in [0, 0.1) is 0 Å². The van der Waals surface area contributed by atoms with E-state index >= 15 is 0 Å². The Bertz CT molecular complexity index is 949. The molecule has 0 radical (unpaired) electrons. The number of carbonyl (C=O) groups is 1. The average molecular weight is 385 g/mol. The molecular formula is C21H24N2O3S. The van der Waals surface area contributed by atoms with E-state index in [1.54, 1.807) is 23.1 Å². The second-order valence-corrected chi connectivity index (χ2v) is 9.09. The number of hydrogen-bond acceptors (Lipinski definition) is 3. The summed E-state index contributed by atoms with van der Waals surface area (Å²) in [4.78, 5) is 14.9. The minimum atomic E-state index is -3.60. The van der Waals surface area contributed by atoms with E-state index in [1.165, 1.54) is 11.6 Å². The Morgan fingerprint density at radius 1 is 1.00 bits per heavy atom. The molecule has 1 saturated carbocycles. The first kappa shape index (κ1) is 18.2. The van der Waals surface area contributed by atoms with Crippen LogP contribution in [0.3, 0.4) is 0 Å².